The molecule has 3 heteroatoms. The molecule has 0 unspecified atom stereocenters. The zero-order valence-corrected chi connectivity index (χ0v) is 11.4. The lowest BCUT2D eigenvalue weighted by Crippen LogP contribution is -1.90. The average Bonchev–Trinajstić information content (AvgIpc) is 1.19. The number of halogens is 1. The number of hydrogen-bond donors (Lipinski definition) is 0. The summed E-state index contributed by atoms with van der Waals surface area (Å²) in [6, 6.07) is 0. The van der Waals surface area contributed by atoms with E-state index in [2.05, 4.69) is 33.9 Å². The van der Waals surface area contributed by atoms with E-state index in [0.717, 1.165) is 0 Å². The molecule has 0 saturated heterocycles. The summed E-state index contributed by atoms with van der Waals surface area (Å²) < 4.78 is 0. The van der Waals surface area contributed by atoms with Crippen molar-refractivity contribution in [3.05, 3.63) is 0 Å². The van der Waals surface area contributed by atoms with Gasteiger partial charge in [-0.15, -0.1) is 0 Å². The van der Waals surface area contributed by atoms with Gasteiger partial charge in [-0.25, -0.2) is 0 Å². The van der Waals surface area contributed by atoms with E-state index in [0.29, 0.717) is 5.04 Å². The lowest BCUT2D eigenvalue weighted by molar-refractivity contribution is 0.767. The molecule has 0 rings (SSSR count). The molecule has 0 bridgehead atoms. The van der Waals surface area contributed by atoms with Crippen LogP contribution in [0.25, 0.3) is 0 Å². The molecule has 0 aliphatic rings. The Labute approximate surface area is 68.7 Å². The quantitative estimate of drug-likeness (QED) is 0.396. The van der Waals surface area contributed by atoms with E-state index in [1.807, 2.05) is 0 Å². The zero-order chi connectivity index (χ0) is 8.08. The Morgan fingerprint density at radius 2 is 1.22 bits per heavy atom. The van der Waals surface area contributed by atoms with Gasteiger partial charge in [-0.2, -0.15) is 11.1 Å². The van der Waals surface area contributed by atoms with Gasteiger partial charge in [0.25, 0.3) is 0 Å². The van der Waals surface area contributed by atoms with Gasteiger partial charge in [-0.1, -0.05) is 38.9 Å². The van der Waals surface area contributed by atoms with E-state index in [1.54, 1.807) is 0 Å². The van der Waals surface area contributed by atoms with Crippen LogP contribution in [0, 0.1) is 0 Å². The molecule has 0 nitrogen and oxygen atoms in total. The maximum Gasteiger partial charge on any atom is 0.134 e. The van der Waals surface area contributed by atoms with Crippen LogP contribution in [0.4, 0.5) is 0 Å². The molecule has 0 radical (unpaired) electrons. The lowest BCUT2D eigenvalue weighted by Gasteiger charge is -2.05. The van der Waals surface area contributed by atoms with Crippen molar-refractivity contribution in [2.24, 2.45) is 0 Å². The highest BCUT2D eigenvalue weighted by molar-refractivity contribution is 7.05. The van der Waals surface area contributed by atoms with Gasteiger partial charge in [0.2, 0.25) is 0 Å². The summed E-state index contributed by atoms with van der Waals surface area (Å²) in [7, 11) is 0.641. The third-order valence-electron chi connectivity index (χ3n) is 0. The first-order valence-electron chi connectivity index (χ1n) is 3.37. The van der Waals surface area contributed by atoms with Crippen molar-refractivity contribution in [1.82, 2.24) is 0 Å². The number of rotatable bonds is 0. The standard InChI is InChI=1S/C4H12Si.C2H7ClSi/c1-4(2,3)5;1-4(2)3/h1-3,5H3;4H,1-2H3. The van der Waals surface area contributed by atoms with E-state index < -0.39 is 8.11 Å². The number of hydrogen-bond acceptors (Lipinski definition) is 0. The summed E-state index contributed by atoms with van der Waals surface area (Å²) in [5, 5.41) is 0.639. The molecule has 0 aliphatic heterocycles. The van der Waals surface area contributed by atoms with Gasteiger partial charge < -0.3 is 0 Å². The third-order valence-corrected chi connectivity index (χ3v) is 0. The zero-order valence-electron chi connectivity index (χ0n) is 7.46. The predicted octanol–water partition coefficient (Wildman–Crippen LogP) is 1.78. The van der Waals surface area contributed by atoms with Crippen LogP contribution < -0.4 is 0 Å². The minimum atomic E-state index is -0.667. The normalized spacial score (nSPS) is 11.0. The van der Waals surface area contributed by atoms with Gasteiger partial charge in [-0.3, -0.25) is 0 Å². The van der Waals surface area contributed by atoms with Crippen molar-refractivity contribution >= 4 is 29.4 Å². The monoisotopic (exact) mass is 182 g/mol. The first-order valence-corrected chi connectivity index (χ1v) is 8.43. The molecule has 0 N–H and O–H groups in total. The Morgan fingerprint density at radius 1 is 1.22 bits per heavy atom. The lowest BCUT2D eigenvalue weighted by atomic mass is 10.3. The molecular weight excluding hydrogens is 164 g/mol. The molecule has 0 aromatic heterocycles. The molecule has 0 aromatic rings. The fraction of sp³-hybridized carbons (Fsp3) is 1.00. The average molecular weight is 183 g/mol. The van der Waals surface area contributed by atoms with Crippen LogP contribution in [0.5, 0.6) is 0 Å². The minimum absolute atomic E-state index is 0.639. The maximum atomic E-state index is 5.41. The molecule has 0 aromatic carbocycles. The molecule has 0 saturated carbocycles. The SMILES string of the molecule is CC(C)(C)[SiH3].C[SiH](C)Cl. The fourth-order valence-corrected chi connectivity index (χ4v) is 0. The van der Waals surface area contributed by atoms with Crippen LogP contribution in [0.15, 0.2) is 0 Å². The highest BCUT2D eigenvalue weighted by atomic mass is 35.6. The fourth-order valence-electron chi connectivity index (χ4n) is 0. The molecule has 0 amide bonds. The van der Waals surface area contributed by atoms with Crippen molar-refractivity contribution in [1.29, 1.82) is 0 Å². The van der Waals surface area contributed by atoms with Gasteiger partial charge in [0.05, 0.1) is 0 Å². The van der Waals surface area contributed by atoms with Gasteiger partial charge >= 0.3 is 0 Å². The van der Waals surface area contributed by atoms with Crippen LogP contribution in [0.3, 0.4) is 0 Å². The van der Waals surface area contributed by atoms with Gasteiger partial charge in [-0.05, 0) is 0 Å². The smallest absolute Gasteiger partial charge is 0.134 e. The molecule has 0 spiro atoms. The van der Waals surface area contributed by atoms with E-state index in [9.17, 15) is 0 Å². The van der Waals surface area contributed by atoms with Crippen molar-refractivity contribution < 1.29 is 0 Å². The summed E-state index contributed by atoms with van der Waals surface area (Å²) in [4.78, 5) is 0. The molecule has 0 aliphatic carbocycles. The van der Waals surface area contributed by atoms with Crippen LogP contribution in [0.1, 0.15) is 20.8 Å². The second kappa shape index (κ2) is 5.50. The third kappa shape index (κ3) is 753. The van der Waals surface area contributed by atoms with Crippen LogP contribution in [-0.4, -0.2) is 18.3 Å². The van der Waals surface area contributed by atoms with Gasteiger partial charge in [0, 0.05) is 10.2 Å². The summed E-state index contributed by atoms with van der Waals surface area (Å²) in [5.74, 6) is 0. The second-order valence-corrected chi connectivity index (χ2v) is 11.7. The predicted molar refractivity (Wildman–Crippen MR) is 54.4 cm³/mol. The molecular formula is C6H19ClSi2. The Hall–Kier alpha value is 0.724. The second-order valence-electron chi connectivity index (χ2n) is 4.01. The van der Waals surface area contributed by atoms with Crippen LogP contribution in [0.2, 0.25) is 18.1 Å². The molecule has 0 heterocycles. The van der Waals surface area contributed by atoms with E-state index in [1.165, 1.54) is 10.2 Å². The Morgan fingerprint density at radius 3 is 1.22 bits per heavy atom. The first-order chi connectivity index (χ1) is 3.73. The summed E-state index contributed by atoms with van der Waals surface area (Å²) in [6.45, 7) is 10.9. The van der Waals surface area contributed by atoms with Gasteiger partial charge in [0.15, 0.2) is 0 Å². The van der Waals surface area contributed by atoms with Gasteiger partial charge in [0.1, 0.15) is 8.11 Å². The van der Waals surface area contributed by atoms with Crippen molar-refractivity contribution in [2.45, 2.75) is 38.9 Å². The van der Waals surface area contributed by atoms with Crippen molar-refractivity contribution in [3.8, 4) is 0 Å². The van der Waals surface area contributed by atoms with Crippen molar-refractivity contribution in [3.63, 3.8) is 0 Å². The van der Waals surface area contributed by atoms with E-state index in [4.69, 9.17) is 11.1 Å². The Balaban J connectivity index is 0. The van der Waals surface area contributed by atoms with E-state index >= 15 is 0 Å². The maximum absolute atomic E-state index is 5.41. The highest BCUT2D eigenvalue weighted by Gasteiger charge is 1.95. The summed E-state index contributed by atoms with van der Waals surface area (Å²) >= 11 is 5.41. The molecule has 0 fully saturated rings. The molecule has 58 valence electrons. The molecule has 0 atom stereocenters. The first kappa shape index (κ1) is 12.4. The van der Waals surface area contributed by atoms with Crippen LogP contribution >= 0.6 is 11.1 Å². The van der Waals surface area contributed by atoms with E-state index in [-0.39, 0.29) is 0 Å². The largest absolute Gasteiger partial charge is 0.172 e. The molecule has 9 heavy (non-hydrogen) atoms. The Bertz CT molecular complexity index is 47.8. The topological polar surface area (TPSA) is 0 Å². The highest BCUT2D eigenvalue weighted by Crippen LogP contribution is 2.13. The van der Waals surface area contributed by atoms with Crippen molar-refractivity contribution in [2.75, 3.05) is 0 Å². The summed E-state index contributed by atoms with van der Waals surface area (Å²) in [6.07, 6.45) is 0. The summed E-state index contributed by atoms with van der Waals surface area (Å²) in [5.41, 5.74) is 0. The van der Waals surface area contributed by atoms with Crippen LogP contribution in [-0.2, 0) is 0 Å². The Kier molecular flexibility index (Phi) is 7.59. The minimum Gasteiger partial charge on any atom is -0.172 e.